The van der Waals surface area contributed by atoms with E-state index in [0.29, 0.717) is 28.6 Å². The van der Waals surface area contributed by atoms with Crippen LogP contribution >= 0.6 is 23.4 Å². The quantitative estimate of drug-likeness (QED) is 0.337. The summed E-state index contributed by atoms with van der Waals surface area (Å²) < 4.78 is 27.9. The lowest BCUT2D eigenvalue weighted by molar-refractivity contribution is -0.119. The first kappa shape index (κ1) is 24.2. The van der Waals surface area contributed by atoms with Crippen LogP contribution in [0, 0.1) is 13.8 Å². The first-order chi connectivity index (χ1) is 15.3. The van der Waals surface area contributed by atoms with E-state index < -0.39 is 10.0 Å². The Hall–Kier alpha value is -2.48. The summed E-state index contributed by atoms with van der Waals surface area (Å²) in [5.74, 6) is 0.296. The monoisotopic (exact) mass is 488 g/mol. The van der Waals surface area contributed by atoms with Crippen LogP contribution in [-0.4, -0.2) is 33.2 Å². The van der Waals surface area contributed by atoms with Crippen LogP contribution in [0.5, 0.6) is 0 Å². The van der Waals surface area contributed by atoms with Crippen molar-refractivity contribution in [2.45, 2.75) is 23.6 Å². The Labute approximate surface area is 198 Å². The van der Waals surface area contributed by atoms with E-state index in [1.807, 2.05) is 31.2 Å². The first-order valence-electron chi connectivity index (χ1n) is 10.1. The Morgan fingerprint density at radius 2 is 1.69 bits per heavy atom. The molecule has 0 fully saturated rings. The highest BCUT2D eigenvalue weighted by atomic mass is 35.5. The molecule has 8 heteroatoms. The van der Waals surface area contributed by atoms with Crippen molar-refractivity contribution in [2.24, 2.45) is 0 Å². The molecule has 3 rings (SSSR count). The lowest BCUT2D eigenvalue weighted by atomic mass is 10.2. The van der Waals surface area contributed by atoms with Crippen LogP contribution in [0.1, 0.15) is 11.1 Å². The maximum Gasteiger partial charge on any atom is 0.264 e. The third kappa shape index (κ3) is 6.28. The van der Waals surface area contributed by atoms with E-state index in [-0.39, 0.29) is 17.3 Å². The maximum absolute atomic E-state index is 13.4. The minimum absolute atomic E-state index is 0.113. The molecule has 1 N–H and O–H groups in total. The predicted molar refractivity (Wildman–Crippen MR) is 132 cm³/mol. The van der Waals surface area contributed by atoms with Crippen LogP contribution in [0.2, 0.25) is 5.02 Å². The normalized spacial score (nSPS) is 11.2. The van der Waals surface area contributed by atoms with E-state index in [1.54, 1.807) is 55.1 Å². The van der Waals surface area contributed by atoms with Gasteiger partial charge in [-0.25, -0.2) is 8.42 Å². The fourth-order valence-corrected chi connectivity index (χ4v) is 5.48. The smallest absolute Gasteiger partial charge is 0.264 e. The molecule has 0 saturated carbocycles. The Morgan fingerprint density at radius 1 is 1.00 bits per heavy atom. The number of carbonyl (C=O) groups is 1. The number of hydrogen-bond donors (Lipinski definition) is 1. The molecule has 0 aliphatic rings. The highest BCUT2D eigenvalue weighted by Gasteiger charge is 2.28. The molecule has 0 atom stereocenters. The third-order valence-corrected chi connectivity index (χ3v) is 7.80. The van der Waals surface area contributed by atoms with Crippen molar-refractivity contribution in [1.29, 1.82) is 0 Å². The van der Waals surface area contributed by atoms with Gasteiger partial charge in [-0.3, -0.25) is 9.10 Å². The molecule has 3 aromatic rings. The Morgan fingerprint density at radius 3 is 2.38 bits per heavy atom. The lowest BCUT2D eigenvalue weighted by Crippen LogP contribution is -2.41. The van der Waals surface area contributed by atoms with Gasteiger partial charge in [0, 0.05) is 22.2 Å². The molecule has 0 aliphatic heterocycles. The van der Waals surface area contributed by atoms with Gasteiger partial charge in [-0.1, -0.05) is 53.6 Å². The first-order valence-corrected chi connectivity index (χ1v) is 12.9. The van der Waals surface area contributed by atoms with Crippen molar-refractivity contribution in [3.63, 3.8) is 0 Å². The molecule has 0 unspecified atom stereocenters. The van der Waals surface area contributed by atoms with Crippen molar-refractivity contribution >= 4 is 45.0 Å². The number of halogens is 1. The zero-order valence-corrected chi connectivity index (χ0v) is 20.3. The Kier molecular flexibility index (Phi) is 8.23. The second-order valence-electron chi connectivity index (χ2n) is 7.27. The van der Waals surface area contributed by atoms with Crippen LogP contribution in [0.4, 0.5) is 5.69 Å². The number of carbonyl (C=O) groups excluding carboxylic acids is 1. The molecule has 3 aromatic carbocycles. The van der Waals surface area contributed by atoms with Crippen LogP contribution in [0.25, 0.3) is 0 Å². The van der Waals surface area contributed by atoms with Crippen LogP contribution in [-0.2, 0) is 14.8 Å². The third-order valence-electron chi connectivity index (χ3n) is 4.77. The number of thioether (sulfide) groups is 1. The number of nitrogens with zero attached hydrogens (tertiary/aromatic N) is 1. The van der Waals surface area contributed by atoms with E-state index in [4.69, 9.17) is 11.6 Å². The summed E-state index contributed by atoms with van der Waals surface area (Å²) >= 11 is 7.77. The van der Waals surface area contributed by atoms with Gasteiger partial charge in [0.1, 0.15) is 6.54 Å². The molecule has 0 aromatic heterocycles. The fraction of sp³-hybridized carbons (Fsp3) is 0.208. The molecule has 0 spiro atoms. The van der Waals surface area contributed by atoms with E-state index in [0.717, 1.165) is 9.20 Å². The number of hydrogen-bond acceptors (Lipinski definition) is 4. The fourth-order valence-electron chi connectivity index (χ4n) is 3.05. The molecule has 32 heavy (non-hydrogen) atoms. The maximum atomic E-state index is 13.4. The number of anilines is 1. The van der Waals surface area contributed by atoms with E-state index in [1.165, 1.54) is 17.7 Å². The zero-order valence-electron chi connectivity index (χ0n) is 17.9. The molecule has 0 saturated heterocycles. The molecule has 0 radical (unpaired) electrons. The van der Waals surface area contributed by atoms with Gasteiger partial charge in [-0.2, -0.15) is 0 Å². The van der Waals surface area contributed by atoms with E-state index >= 15 is 0 Å². The number of amides is 1. The van der Waals surface area contributed by atoms with Crippen molar-refractivity contribution in [1.82, 2.24) is 5.32 Å². The van der Waals surface area contributed by atoms with Crippen molar-refractivity contribution in [2.75, 3.05) is 23.1 Å². The van der Waals surface area contributed by atoms with Gasteiger partial charge in [0.25, 0.3) is 10.0 Å². The number of aryl methyl sites for hydroxylation is 2. The average Bonchev–Trinajstić information content (AvgIpc) is 2.78. The second kappa shape index (κ2) is 10.9. The molecule has 168 valence electrons. The van der Waals surface area contributed by atoms with Gasteiger partial charge < -0.3 is 5.32 Å². The summed E-state index contributed by atoms with van der Waals surface area (Å²) in [5, 5.41) is 3.22. The summed E-state index contributed by atoms with van der Waals surface area (Å²) in [5.41, 5.74) is 2.28. The molecule has 0 heterocycles. The van der Waals surface area contributed by atoms with Crippen molar-refractivity contribution in [3.8, 4) is 0 Å². The summed E-state index contributed by atoms with van der Waals surface area (Å²) in [7, 11) is -3.96. The molecule has 0 aliphatic carbocycles. The van der Waals surface area contributed by atoms with Crippen molar-refractivity contribution < 1.29 is 13.2 Å². The minimum atomic E-state index is -3.96. The van der Waals surface area contributed by atoms with Gasteiger partial charge in [-0.15, -0.1) is 11.8 Å². The van der Waals surface area contributed by atoms with E-state index in [2.05, 4.69) is 5.32 Å². The largest absolute Gasteiger partial charge is 0.354 e. The van der Waals surface area contributed by atoms with Gasteiger partial charge in [0.05, 0.1) is 10.6 Å². The lowest BCUT2D eigenvalue weighted by Gasteiger charge is -2.25. The van der Waals surface area contributed by atoms with Gasteiger partial charge >= 0.3 is 0 Å². The topological polar surface area (TPSA) is 66.5 Å². The summed E-state index contributed by atoms with van der Waals surface area (Å²) in [4.78, 5) is 13.9. The Bertz CT molecular complexity index is 1170. The second-order valence-corrected chi connectivity index (χ2v) is 10.7. The highest BCUT2D eigenvalue weighted by Crippen LogP contribution is 2.29. The number of nitrogens with one attached hydrogen (secondary N) is 1. The molecule has 5 nitrogen and oxygen atoms in total. The Balaban J connectivity index is 1.73. The molecular weight excluding hydrogens is 464 g/mol. The summed E-state index contributed by atoms with van der Waals surface area (Å²) in [6.07, 6.45) is 0. The SMILES string of the molecule is Cc1ccc(SCCNC(=O)CN(c2cc(Cl)ccc2C)S(=O)(=O)c2ccccc2)cc1. The molecule has 1 amide bonds. The standard InChI is InChI=1S/C24H25ClN2O3S2/c1-18-8-12-21(13-9-18)31-15-14-26-24(28)17-27(23-16-20(25)11-10-19(23)2)32(29,30)22-6-4-3-5-7-22/h3-13,16H,14-15,17H2,1-2H3,(H,26,28). The average molecular weight is 489 g/mol. The van der Waals surface area contributed by atoms with Gasteiger partial charge in [0.15, 0.2) is 0 Å². The van der Waals surface area contributed by atoms with Crippen LogP contribution < -0.4 is 9.62 Å². The predicted octanol–water partition coefficient (Wildman–Crippen LogP) is 5.06. The van der Waals surface area contributed by atoms with Gasteiger partial charge in [-0.05, 0) is 55.8 Å². The highest BCUT2D eigenvalue weighted by molar-refractivity contribution is 7.99. The molecule has 0 bridgehead atoms. The number of benzene rings is 3. The summed E-state index contributed by atoms with van der Waals surface area (Å²) in [6, 6.07) is 21.2. The van der Waals surface area contributed by atoms with Crippen LogP contribution in [0.15, 0.2) is 82.6 Å². The van der Waals surface area contributed by atoms with E-state index in [9.17, 15) is 13.2 Å². The minimum Gasteiger partial charge on any atom is -0.354 e. The van der Waals surface area contributed by atoms with Crippen molar-refractivity contribution in [3.05, 3.63) is 88.9 Å². The summed E-state index contributed by atoms with van der Waals surface area (Å²) in [6.45, 7) is 3.90. The molecular formula is C24H25ClN2O3S2. The van der Waals surface area contributed by atoms with Crippen LogP contribution in [0.3, 0.4) is 0 Å². The number of sulfonamides is 1. The van der Waals surface area contributed by atoms with Gasteiger partial charge in [0.2, 0.25) is 5.91 Å². The number of rotatable bonds is 9. The zero-order chi connectivity index (χ0) is 23.1.